The number of aromatic nitrogens is 4. The Bertz CT molecular complexity index is 1220. The summed E-state index contributed by atoms with van der Waals surface area (Å²) in [6, 6.07) is 14.3. The number of halogens is 3. The zero-order chi connectivity index (χ0) is 22.7. The number of H-pyrrole nitrogens is 1. The molecule has 0 saturated carbocycles. The summed E-state index contributed by atoms with van der Waals surface area (Å²) in [6.45, 7) is 0.820. The number of aromatic amines is 1. The molecule has 0 aliphatic rings. The fourth-order valence-corrected chi connectivity index (χ4v) is 3.21. The SMILES string of the molecule is CN(C)CCOc1nnc(Nc2n[nH]c3ccccc23)cc1-c1ccccc1C(F)(F)F. The molecule has 166 valence electrons. The quantitative estimate of drug-likeness (QED) is 0.431. The monoisotopic (exact) mass is 442 g/mol. The third kappa shape index (κ3) is 4.65. The van der Waals surface area contributed by atoms with E-state index in [9.17, 15) is 13.2 Å². The number of hydrogen-bond acceptors (Lipinski definition) is 6. The van der Waals surface area contributed by atoms with Crippen molar-refractivity contribution in [2.75, 3.05) is 32.6 Å². The van der Waals surface area contributed by atoms with Crippen LogP contribution in [0.5, 0.6) is 5.88 Å². The summed E-state index contributed by atoms with van der Waals surface area (Å²) in [4.78, 5) is 1.90. The molecule has 32 heavy (non-hydrogen) atoms. The van der Waals surface area contributed by atoms with Crippen molar-refractivity contribution in [3.05, 3.63) is 60.2 Å². The van der Waals surface area contributed by atoms with Crippen LogP contribution >= 0.6 is 0 Å². The maximum atomic E-state index is 13.7. The number of nitrogens with zero attached hydrogens (tertiary/aromatic N) is 4. The lowest BCUT2D eigenvalue weighted by Crippen LogP contribution is -2.20. The molecule has 2 heterocycles. The molecule has 0 bridgehead atoms. The van der Waals surface area contributed by atoms with Crippen LogP contribution in [-0.2, 0) is 6.18 Å². The van der Waals surface area contributed by atoms with Crippen molar-refractivity contribution in [1.29, 1.82) is 0 Å². The fourth-order valence-electron chi connectivity index (χ4n) is 3.21. The summed E-state index contributed by atoms with van der Waals surface area (Å²) < 4.78 is 46.8. The van der Waals surface area contributed by atoms with Crippen LogP contribution in [-0.4, -0.2) is 52.5 Å². The Morgan fingerprint density at radius 2 is 1.75 bits per heavy atom. The molecule has 0 aliphatic heterocycles. The van der Waals surface area contributed by atoms with E-state index in [1.165, 1.54) is 18.2 Å². The minimum atomic E-state index is -4.53. The number of benzene rings is 2. The molecule has 7 nitrogen and oxygen atoms in total. The first-order valence-electron chi connectivity index (χ1n) is 9.85. The number of para-hydroxylation sites is 1. The number of rotatable bonds is 7. The second-order valence-electron chi connectivity index (χ2n) is 7.39. The normalized spacial score (nSPS) is 11.8. The van der Waals surface area contributed by atoms with Crippen molar-refractivity contribution >= 4 is 22.5 Å². The van der Waals surface area contributed by atoms with E-state index in [-0.39, 0.29) is 29.4 Å². The molecule has 0 unspecified atom stereocenters. The van der Waals surface area contributed by atoms with Crippen LogP contribution in [0.1, 0.15) is 5.56 Å². The first-order chi connectivity index (χ1) is 15.3. The molecule has 0 radical (unpaired) electrons. The minimum absolute atomic E-state index is 0.0287. The summed E-state index contributed by atoms with van der Waals surface area (Å²) in [5.41, 5.74) is 0.189. The molecule has 4 rings (SSSR count). The molecule has 2 aromatic heterocycles. The number of anilines is 2. The van der Waals surface area contributed by atoms with Gasteiger partial charge in [0.25, 0.3) is 0 Å². The van der Waals surface area contributed by atoms with E-state index in [4.69, 9.17) is 4.74 Å². The minimum Gasteiger partial charge on any atom is -0.475 e. The number of likely N-dealkylation sites (N-methyl/N-ethyl adjacent to an activating group) is 1. The highest BCUT2D eigenvalue weighted by molar-refractivity contribution is 5.91. The van der Waals surface area contributed by atoms with Gasteiger partial charge in [-0.25, -0.2) is 0 Å². The van der Waals surface area contributed by atoms with Crippen molar-refractivity contribution in [3.8, 4) is 17.0 Å². The summed E-state index contributed by atoms with van der Waals surface area (Å²) in [7, 11) is 3.74. The van der Waals surface area contributed by atoms with E-state index >= 15 is 0 Å². The molecule has 0 atom stereocenters. The van der Waals surface area contributed by atoms with Crippen LogP contribution in [0.4, 0.5) is 24.8 Å². The highest BCUT2D eigenvalue weighted by Gasteiger charge is 2.34. The molecule has 10 heteroatoms. The van der Waals surface area contributed by atoms with Gasteiger partial charge in [-0.2, -0.15) is 18.3 Å². The largest absolute Gasteiger partial charge is 0.475 e. The Hall–Kier alpha value is -3.66. The number of hydrogen-bond donors (Lipinski definition) is 2. The van der Waals surface area contributed by atoms with Crippen molar-refractivity contribution in [2.24, 2.45) is 0 Å². The van der Waals surface area contributed by atoms with E-state index < -0.39 is 11.7 Å². The maximum absolute atomic E-state index is 13.7. The molecule has 0 amide bonds. The second kappa shape index (κ2) is 8.83. The van der Waals surface area contributed by atoms with E-state index in [1.807, 2.05) is 43.3 Å². The van der Waals surface area contributed by atoms with E-state index in [2.05, 4.69) is 25.7 Å². The Morgan fingerprint density at radius 1 is 1.00 bits per heavy atom. The Labute approximate surface area is 182 Å². The molecule has 0 fully saturated rings. The number of fused-ring (bicyclic) bond motifs is 1. The molecule has 2 N–H and O–H groups in total. The molecule has 2 aromatic carbocycles. The number of nitrogens with one attached hydrogen (secondary N) is 2. The smallest absolute Gasteiger partial charge is 0.417 e. The third-order valence-electron chi connectivity index (χ3n) is 4.78. The fraction of sp³-hybridized carbons (Fsp3) is 0.227. The Kier molecular flexibility index (Phi) is 5.95. The first kappa shape index (κ1) is 21.6. The lowest BCUT2D eigenvalue weighted by molar-refractivity contribution is -0.137. The lowest BCUT2D eigenvalue weighted by atomic mass is 10.0. The second-order valence-corrected chi connectivity index (χ2v) is 7.39. The van der Waals surface area contributed by atoms with Gasteiger partial charge in [0.1, 0.15) is 6.61 Å². The van der Waals surface area contributed by atoms with E-state index in [0.29, 0.717) is 12.4 Å². The average Bonchev–Trinajstić information content (AvgIpc) is 3.17. The van der Waals surface area contributed by atoms with Crippen molar-refractivity contribution < 1.29 is 17.9 Å². The standard InChI is InChI=1S/C22H21F3N6O/c1-31(2)11-12-32-21-16(14-7-3-5-9-17(14)22(23,24)25)13-19(28-30-21)26-20-15-8-4-6-10-18(15)27-29-20/h3-10,13H,11-12H2,1-2H3,(H2,26,27,28,29). The zero-order valence-corrected chi connectivity index (χ0v) is 17.4. The topological polar surface area (TPSA) is 79.0 Å². The van der Waals surface area contributed by atoms with Crippen LogP contribution in [0.25, 0.3) is 22.0 Å². The summed E-state index contributed by atoms with van der Waals surface area (Å²) in [5, 5.41) is 19.1. The summed E-state index contributed by atoms with van der Waals surface area (Å²) in [5.74, 6) is 0.765. The lowest BCUT2D eigenvalue weighted by Gasteiger charge is -2.17. The molecule has 4 aromatic rings. The van der Waals surface area contributed by atoms with E-state index in [0.717, 1.165) is 17.0 Å². The van der Waals surface area contributed by atoms with Gasteiger partial charge in [-0.1, -0.05) is 30.3 Å². The van der Waals surface area contributed by atoms with Gasteiger partial charge < -0.3 is 15.0 Å². The molecule has 0 aliphatic carbocycles. The van der Waals surface area contributed by atoms with Gasteiger partial charge in [-0.3, -0.25) is 5.10 Å². The highest BCUT2D eigenvalue weighted by Crippen LogP contribution is 2.40. The van der Waals surface area contributed by atoms with Gasteiger partial charge in [0.15, 0.2) is 11.6 Å². The third-order valence-corrected chi connectivity index (χ3v) is 4.78. The van der Waals surface area contributed by atoms with Crippen molar-refractivity contribution in [3.63, 3.8) is 0 Å². The molecular formula is C22H21F3N6O. The molecular weight excluding hydrogens is 421 g/mol. The average molecular weight is 442 g/mol. The van der Waals surface area contributed by atoms with Crippen LogP contribution in [0, 0.1) is 0 Å². The number of alkyl halides is 3. The Balaban J connectivity index is 1.75. The first-order valence-corrected chi connectivity index (χ1v) is 9.85. The predicted molar refractivity (Wildman–Crippen MR) is 116 cm³/mol. The van der Waals surface area contributed by atoms with Crippen LogP contribution in [0.2, 0.25) is 0 Å². The van der Waals surface area contributed by atoms with Crippen LogP contribution in [0.3, 0.4) is 0 Å². The van der Waals surface area contributed by atoms with Gasteiger partial charge in [-0.15, -0.1) is 10.2 Å². The van der Waals surface area contributed by atoms with Gasteiger partial charge in [0, 0.05) is 17.5 Å². The maximum Gasteiger partial charge on any atom is 0.417 e. The van der Waals surface area contributed by atoms with Crippen LogP contribution < -0.4 is 10.1 Å². The van der Waals surface area contributed by atoms with Gasteiger partial charge in [-0.05, 0) is 43.9 Å². The number of ether oxygens (including phenoxy) is 1. The van der Waals surface area contributed by atoms with Gasteiger partial charge in [0.05, 0.1) is 11.1 Å². The van der Waals surface area contributed by atoms with Gasteiger partial charge >= 0.3 is 6.18 Å². The van der Waals surface area contributed by atoms with E-state index in [1.54, 1.807) is 6.07 Å². The predicted octanol–water partition coefficient (Wildman–Crippen LogP) is 4.72. The highest BCUT2D eigenvalue weighted by atomic mass is 19.4. The van der Waals surface area contributed by atoms with Crippen LogP contribution in [0.15, 0.2) is 54.6 Å². The Morgan fingerprint density at radius 3 is 2.53 bits per heavy atom. The zero-order valence-electron chi connectivity index (χ0n) is 17.4. The van der Waals surface area contributed by atoms with Gasteiger partial charge in [0.2, 0.25) is 5.88 Å². The summed E-state index contributed by atoms with van der Waals surface area (Å²) >= 11 is 0. The molecule has 0 spiro atoms. The summed E-state index contributed by atoms with van der Waals surface area (Å²) in [6.07, 6.45) is -4.53. The molecule has 0 saturated heterocycles. The van der Waals surface area contributed by atoms with Crippen molar-refractivity contribution in [1.82, 2.24) is 25.3 Å². The van der Waals surface area contributed by atoms with Crippen molar-refractivity contribution in [2.45, 2.75) is 6.18 Å².